The molecule has 3 nitrogen and oxygen atoms in total. The molecule has 98 valence electrons. The molecule has 2 heterocycles. The van der Waals surface area contributed by atoms with Crippen LogP contribution in [0.15, 0.2) is 18.2 Å². The van der Waals surface area contributed by atoms with Crippen molar-refractivity contribution in [2.24, 2.45) is 0 Å². The van der Waals surface area contributed by atoms with Crippen LogP contribution in [-0.2, 0) is 0 Å². The van der Waals surface area contributed by atoms with Crippen LogP contribution in [0, 0.1) is 0 Å². The number of anilines is 1. The Labute approximate surface area is 113 Å². The van der Waals surface area contributed by atoms with E-state index in [-0.39, 0.29) is 0 Å². The van der Waals surface area contributed by atoms with Gasteiger partial charge < -0.3 is 10.1 Å². The lowest BCUT2D eigenvalue weighted by molar-refractivity contribution is 0.318. The summed E-state index contributed by atoms with van der Waals surface area (Å²) >= 11 is 6.15. The average Bonchev–Trinajstić information content (AvgIpc) is 2.94. The van der Waals surface area contributed by atoms with Crippen LogP contribution >= 0.6 is 11.6 Å². The SMILES string of the molecule is COc1ccc(NC2CCN3CCCC23)cc1Cl. The molecule has 0 saturated carbocycles. The molecular formula is C14H19ClN2O. The Bertz CT molecular complexity index is 438. The first-order chi connectivity index (χ1) is 8.78. The molecule has 0 aliphatic carbocycles. The molecule has 18 heavy (non-hydrogen) atoms. The molecule has 4 heteroatoms. The first-order valence-corrected chi connectivity index (χ1v) is 7.00. The summed E-state index contributed by atoms with van der Waals surface area (Å²) in [6.45, 7) is 2.50. The van der Waals surface area contributed by atoms with E-state index in [1.165, 1.54) is 32.4 Å². The molecule has 0 radical (unpaired) electrons. The van der Waals surface area contributed by atoms with Gasteiger partial charge in [-0.3, -0.25) is 4.90 Å². The van der Waals surface area contributed by atoms with Gasteiger partial charge in [0, 0.05) is 24.3 Å². The Kier molecular flexibility index (Phi) is 3.35. The number of hydrogen-bond acceptors (Lipinski definition) is 3. The first kappa shape index (κ1) is 12.1. The fourth-order valence-corrected chi connectivity index (χ4v) is 3.48. The van der Waals surface area contributed by atoms with Crippen molar-refractivity contribution >= 4 is 17.3 Å². The summed E-state index contributed by atoms with van der Waals surface area (Å²) in [5.74, 6) is 0.733. The maximum absolute atomic E-state index is 6.15. The van der Waals surface area contributed by atoms with Gasteiger partial charge in [0.15, 0.2) is 0 Å². The number of rotatable bonds is 3. The summed E-state index contributed by atoms with van der Waals surface area (Å²) in [7, 11) is 1.64. The zero-order chi connectivity index (χ0) is 12.5. The minimum atomic E-state index is 0.567. The molecule has 2 unspecified atom stereocenters. The van der Waals surface area contributed by atoms with Crippen molar-refractivity contribution in [1.82, 2.24) is 4.90 Å². The van der Waals surface area contributed by atoms with Gasteiger partial charge in [-0.25, -0.2) is 0 Å². The largest absolute Gasteiger partial charge is 0.495 e. The topological polar surface area (TPSA) is 24.5 Å². The van der Waals surface area contributed by atoms with Crippen molar-refractivity contribution in [2.45, 2.75) is 31.3 Å². The van der Waals surface area contributed by atoms with Crippen molar-refractivity contribution in [3.63, 3.8) is 0 Å². The quantitative estimate of drug-likeness (QED) is 0.910. The number of nitrogens with zero attached hydrogens (tertiary/aromatic N) is 1. The monoisotopic (exact) mass is 266 g/mol. The van der Waals surface area contributed by atoms with E-state index < -0.39 is 0 Å². The molecule has 3 rings (SSSR count). The average molecular weight is 267 g/mol. The van der Waals surface area contributed by atoms with Crippen LogP contribution < -0.4 is 10.1 Å². The highest BCUT2D eigenvalue weighted by Gasteiger charge is 2.36. The third kappa shape index (κ3) is 2.17. The predicted molar refractivity (Wildman–Crippen MR) is 74.6 cm³/mol. The van der Waals surface area contributed by atoms with Crippen LogP contribution in [0.25, 0.3) is 0 Å². The van der Waals surface area contributed by atoms with Crippen LogP contribution in [0.3, 0.4) is 0 Å². The van der Waals surface area contributed by atoms with E-state index in [4.69, 9.17) is 16.3 Å². The second-order valence-corrected chi connectivity index (χ2v) is 5.54. The zero-order valence-electron chi connectivity index (χ0n) is 10.7. The number of fused-ring (bicyclic) bond motifs is 1. The number of nitrogens with one attached hydrogen (secondary N) is 1. The van der Waals surface area contributed by atoms with E-state index in [0.717, 1.165) is 11.4 Å². The third-order valence-corrected chi connectivity index (χ3v) is 4.41. The van der Waals surface area contributed by atoms with E-state index in [1.807, 2.05) is 18.2 Å². The summed E-state index contributed by atoms with van der Waals surface area (Å²) in [4.78, 5) is 2.60. The molecule has 2 saturated heterocycles. The second-order valence-electron chi connectivity index (χ2n) is 5.13. The van der Waals surface area contributed by atoms with Gasteiger partial charge in [-0.05, 0) is 44.0 Å². The number of benzene rings is 1. The maximum atomic E-state index is 6.15. The molecular weight excluding hydrogens is 248 g/mol. The van der Waals surface area contributed by atoms with Gasteiger partial charge in [0.2, 0.25) is 0 Å². The van der Waals surface area contributed by atoms with Crippen LogP contribution in [-0.4, -0.2) is 37.2 Å². The molecule has 1 aromatic carbocycles. The van der Waals surface area contributed by atoms with Gasteiger partial charge in [0.05, 0.1) is 12.1 Å². The Balaban J connectivity index is 1.71. The predicted octanol–water partition coefficient (Wildman–Crippen LogP) is 3.00. The van der Waals surface area contributed by atoms with Gasteiger partial charge in [0.25, 0.3) is 0 Å². The smallest absolute Gasteiger partial charge is 0.137 e. The molecule has 2 aliphatic rings. The molecule has 2 fully saturated rings. The Morgan fingerprint density at radius 3 is 3.00 bits per heavy atom. The summed E-state index contributed by atoms with van der Waals surface area (Å²) in [5, 5.41) is 4.29. The Morgan fingerprint density at radius 2 is 2.22 bits per heavy atom. The molecule has 0 spiro atoms. The van der Waals surface area contributed by atoms with E-state index in [9.17, 15) is 0 Å². The molecule has 0 aromatic heterocycles. The summed E-state index contributed by atoms with van der Waals surface area (Å²) < 4.78 is 5.17. The number of hydrogen-bond donors (Lipinski definition) is 1. The van der Waals surface area contributed by atoms with E-state index in [1.54, 1.807) is 7.11 Å². The Hall–Kier alpha value is -0.930. The highest BCUT2D eigenvalue weighted by atomic mass is 35.5. The molecule has 0 amide bonds. The second kappa shape index (κ2) is 4.98. The standard InChI is InChI=1S/C14H19ClN2O/c1-18-14-5-4-10(9-11(14)15)16-12-6-8-17-7-2-3-13(12)17/h4-5,9,12-13,16H,2-3,6-8H2,1H3. The minimum Gasteiger partial charge on any atom is -0.495 e. The number of ether oxygens (including phenoxy) is 1. The van der Waals surface area contributed by atoms with Gasteiger partial charge in [-0.2, -0.15) is 0 Å². The molecule has 0 bridgehead atoms. The minimum absolute atomic E-state index is 0.567. The summed E-state index contributed by atoms with van der Waals surface area (Å²) in [5.41, 5.74) is 1.10. The van der Waals surface area contributed by atoms with Crippen molar-refractivity contribution in [2.75, 3.05) is 25.5 Å². The number of methoxy groups -OCH3 is 1. The molecule has 1 aromatic rings. The number of halogens is 1. The van der Waals surface area contributed by atoms with Crippen LogP contribution in [0.1, 0.15) is 19.3 Å². The van der Waals surface area contributed by atoms with Crippen molar-refractivity contribution in [3.8, 4) is 5.75 Å². The van der Waals surface area contributed by atoms with E-state index in [2.05, 4.69) is 10.2 Å². The van der Waals surface area contributed by atoms with Crippen LogP contribution in [0.4, 0.5) is 5.69 Å². The van der Waals surface area contributed by atoms with E-state index >= 15 is 0 Å². The normalized spacial score (nSPS) is 27.2. The van der Waals surface area contributed by atoms with Crippen LogP contribution in [0.5, 0.6) is 5.75 Å². The molecule has 2 aliphatic heterocycles. The first-order valence-electron chi connectivity index (χ1n) is 6.62. The fourth-order valence-electron chi connectivity index (χ4n) is 3.22. The van der Waals surface area contributed by atoms with Crippen molar-refractivity contribution in [3.05, 3.63) is 23.2 Å². The Morgan fingerprint density at radius 1 is 1.33 bits per heavy atom. The lowest BCUT2D eigenvalue weighted by Crippen LogP contribution is -2.33. The lowest BCUT2D eigenvalue weighted by Gasteiger charge is -2.22. The highest BCUT2D eigenvalue weighted by molar-refractivity contribution is 6.32. The molecule has 1 N–H and O–H groups in total. The maximum Gasteiger partial charge on any atom is 0.137 e. The van der Waals surface area contributed by atoms with Gasteiger partial charge in [-0.15, -0.1) is 0 Å². The van der Waals surface area contributed by atoms with Crippen molar-refractivity contribution < 1.29 is 4.74 Å². The van der Waals surface area contributed by atoms with Crippen molar-refractivity contribution in [1.29, 1.82) is 0 Å². The lowest BCUT2D eigenvalue weighted by atomic mass is 10.1. The summed E-state index contributed by atoms with van der Waals surface area (Å²) in [6, 6.07) is 7.20. The molecule has 2 atom stereocenters. The van der Waals surface area contributed by atoms with Gasteiger partial charge >= 0.3 is 0 Å². The van der Waals surface area contributed by atoms with E-state index in [0.29, 0.717) is 17.1 Å². The third-order valence-electron chi connectivity index (χ3n) is 4.11. The fraction of sp³-hybridized carbons (Fsp3) is 0.571. The summed E-state index contributed by atoms with van der Waals surface area (Å²) in [6.07, 6.45) is 3.89. The van der Waals surface area contributed by atoms with Gasteiger partial charge in [0.1, 0.15) is 5.75 Å². The van der Waals surface area contributed by atoms with Gasteiger partial charge in [-0.1, -0.05) is 11.6 Å². The van der Waals surface area contributed by atoms with Crippen LogP contribution in [0.2, 0.25) is 5.02 Å². The zero-order valence-corrected chi connectivity index (χ0v) is 11.4. The highest BCUT2D eigenvalue weighted by Crippen LogP contribution is 2.32.